The van der Waals surface area contributed by atoms with Gasteiger partial charge in [0.15, 0.2) is 0 Å². The first-order valence-corrected chi connectivity index (χ1v) is 19.1. The number of para-hydroxylation sites is 2. The monoisotopic (exact) mass is 757 g/mol. The highest BCUT2D eigenvalue weighted by molar-refractivity contribution is 6.12. The van der Waals surface area contributed by atoms with E-state index < -0.39 is 11.7 Å². The Labute approximate surface area is 333 Å². The van der Waals surface area contributed by atoms with Gasteiger partial charge in [0, 0.05) is 21.5 Å². The number of benzene rings is 8. The van der Waals surface area contributed by atoms with Gasteiger partial charge in [0.25, 0.3) is 0 Å². The van der Waals surface area contributed by atoms with E-state index >= 15 is 13.2 Å². The first-order valence-electron chi connectivity index (χ1n) is 19.1. The molecular formula is C52H34F3N3. The standard InChI is InChI=1S/C52H34F3N3/c1-32-10-7-13-35(24-32)38-20-22-47-43(27-38)41-16-3-5-18-45(41)57(47)49-29-40(37-15-9-12-34(26-37)31-56)30-50(51(49)52(53,54)55)58-46-19-6-4-17-42(46)44-28-39(21-23-48(44)58)36-14-8-11-33(2)25-36/h3-30H,1-2H3. The van der Waals surface area contributed by atoms with Crippen LogP contribution in [0.5, 0.6) is 0 Å². The van der Waals surface area contributed by atoms with Crippen molar-refractivity contribution in [2.45, 2.75) is 20.0 Å². The number of nitrogens with zero attached hydrogens (tertiary/aromatic N) is 3. The number of halogens is 3. The predicted molar refractivity (Wildman–Crippen MR) is 231 cm³/mol. The van der Waals surface area contributed by atoms with E-state index in [4.69, 9.17) is 0 Å². The molecule has 0 bridgehead atoms. The Morgan fingerprint density at radius 1 is 0.414 bits per heavy atom. The first-order chi connectivity index (χ1) is 28.2. The smallest absolute Gasteiger partial charge is 0.309 e. The van der Waals surface area contributed by atoms with Crippen molar-refractivity contribution in [2.75, 3.05) is 0 Å². The molecule has 0 atom stereocenters. The van der Waals surface area contributed by atoms with E-state index in [-0.39, 0.29) is 11.4 Å². The van der Waals surface area contributed by atoms with Crippen molar-refractivity contribution in [1.29, 1.82) is 5.26 Å². The minimum absolute atomic E-state index is 0.000761. The zero-order valence-electron chi connectivity index (χ0n) is 31.6. The third-order valence-corrected chi connectivity index (χ3v) is 11.2. The molecule has 278 valence electrons. The summed E-state index contributed by atoms with van der Waals surface area (Å²) in [6, 6.07) is 56.3. The second-order valence-electron chi connectivity index (χ2n) is 15.0. The van der Waals surface area contributed by atoms with E-state index in [0.29, 0.717) is 38.8 Å². The quantitative estimate of drug-likeness (QED) is 0.172. The average molecular weight is 758 g/mol. The number of aryl methyl sites for hydroxylation is 2. The number of rotatable bonds is 5. The average Bonchev–Trinajstić information content (AvgIpc) is 3.75. The Bertz CT molecular complexity index is 3140. The van der Waals surface area contributed by atoms with Gasteiger partial charge in [-0.15, -0.1) is 0 Å². The van der Waals surface area contributed by atoms with E-state index in [1.807, 2.05) is 117 Å². The fraction of sp³-hybridized carbons (Fsp3) is 0.0577. The van der Waals surface area contributed by atoms with Crippen molar-refractivity contribution in [3.8, 4) is 50.8 Å². The van der Waals surface area contributed by atoms with Crippen LogP contribution in [0, 0.1) is 25.2 Å². The molecule has 0 N–H and O–H groups in total. The largest absolute Gasteiger partial charge is 0.420 e. The number of fused-ring (bicyclic) bond motifs is 6. The van der Waals surface area contributed by atoms with Gasteiger partial charge in [-0.3, -0.25) is 0 Å². The summed E-state index contributed by atoms with van der Waals surface area (Å²) in [5.74, 6) is 0. The summed E-state index contributed by atoms with van der Waals surface area (Å²) in [5.41, 5.74) is 9.74. The number of aromatic nitrogens is 2. The molecule has 0 saturated carbocycles. The highest BCUT2D eigenvalue weighted by Crippen LogP contribution is 2.47. The van der Waals surface area contributed by atoms with E-state index in [9.17, 15) is 5.26 Å². The lowest BCUT2D eigenvalue weighted by Crippen LogP contribution is -2.16. The molecule has 0 aliphatic rings. The Morgan fingerprint density at radius 3 is 1.31 bits per heavy atom. The molecule has 0 unspecified atom stereocenters. The van der Waals surface area contributed by atoms with Crippen LogP contribution in [0.1, 0.15) is 22.3 Å². The molecular weight excluding hydrogens is 724 g/mol. The van der Waals surface area contributed by atoms with Crippen LogP contribution < -0.4 is 0 Å². The number of alkyl halides is 3. The molecule has 58 heavy (non-hydrogen) atoms. The third kappa shape index (κ3) is 5.74. The topological polar surface area (TPSA) is 33.6 Å². The maximum Gasteiger partial charge on any atom is 0.420 e. The van der Waals surface area contributed by atoms with Crippen molar-refractivity contribution in [2.24, 2.45) is 0 Å². The minimum atomic E-state index is -4.78. The molecule has 0 amide bonds. The summed E-state index contributed by atoms with van der Waals surface area (Å²) >= 11 is 0. The molecule has 3 nitrogen and oxygen atoms in total. The molecule has 8 aromatic carbocycles. The van der Waals surface area contributed by atoms with Crippen LogP contribution in [-0.2, 0) is 6.18 Å². The molecule has 0 saturated heterocycles. The molecule has 0 aliphatic heterocycles. The van der Waals surface area contributed by atoms with Gasteiger partial charge >= 0.3 is 6.18 Å². The molecule has 0 spiro atoms. The summed E-state index contributed by atoms with van der Waals surface area (Å²) < 4.78 is 52.5. The maximum absolute atomic E-state index is 16.3. The molecule has 10 rings (SSSR count). The van der Waals surface area contributed by atoms with E-state index in [1.165, 1.54) is 0 Å². The zero-order valence-corrected chi connectivity index (χ0v) is 31.6. The van der Waals surface area contributed by atoms with E-state index in [2.05, 4.69) is 42.5 Å². The highest BCUT2D eigenvalue weighted by atomic mass is 19.4. The Kier molecular flexibility index (Phi) is 8.10. The number of hydrogen-bond acceptors (Lipinski definition) is 1. The van der Waals surface area contributed by atoms with Crippen molar-refractivity contribution in [3.63, 3.8) is 0 Å². The summed E-state index contributed by atoms with van der Waals surface area (Å²) in [7, 11) is 0. The van der Waals surface area contributed by atoms with E-state index in [0.717, 1.165) is 54.9 Å². The molecule has 2 aromatic heterocycles. The molecule has 10 aromatic rings. The third-order valence-electron chi connectivity index (χ3n) is 11.2. The number of nitriles is 1. The lowest BCUT2D eigenvalue weighted by atomic mass is 9.97. The Morgan fingerprint density at radius 2 is 0.845 bits per heavy atom. The predicted octanol–water partition coefficient (Wildman–Crippen LogP) is 14.4. The van der Waals surface area contributed by atoms with Crippen molar-refractivity contribution < 1.29 is 13.2 Å². The molecule has 0 aliphatic carbocycles. The summed E-state index contributed by atoms with van der Waals surface area (Å²) in [5, 5.41) is 13.3. The molecule has 0 radical (unpaired) electrons. The van der Waals surface area contributed by atoms with Crippen LogP contribution >= 0.6 is 0 Å². The van der Waals surface area contributed by atoms with Crippen molar-refractivity contribution in [3.05, 3.63) is 192 Å². The fourth-order valence-corrected chi connectivity index (χ4v) is 8.66. The summed E-state index contributed by atoms with van der Waals surface area (Å²) in [6.07, 6.45) is -4.78. The highest BCUT2D eigenvalue weighted by Gasteiger charge is 2.39. The summed E-state index contributed by atoms with van der Waals surface area (Å²) in [4.78, 5) is 0. The molecule has 2 heterocycles. The van der Waals surface area contributed by atoms with Crippen LogP contribution in [0.25, 0.3) is 88.4 Å². The van der Waals surface area contributed by atoms with Gasteiger partial charge in [0.05, 0.1) is 45.1 Å². The van der Waals surface area contributed by atoms with Crippen LogP contribution in [-0.4, -0.2) is 9.13 Å². The van der Waals surface area contributed by atoms with Crippen molar-refractivity contribution >= 4 is 43.6 Å². The normalized spacial score (nSPS) is 11.9. The van der Waals surface area contributed by atoms with Crippen LogP contribution in [0.3, 0.4) is 0 Å². The second-order valence-corrected chi connectivity index (χ2v) is 15.0. The lowest BCUT2D eigenvalue weighted by molar-refractivity contribution is -0.137. The zero-order chi connectivity index (χ0) is 39.7. The first kappa shape index (κ1) is 35.1. The van der Waals surface area contributed by atoms with E-state index in [1.54, 1.807) is 39.5 Å². The summed E-state index contributed by atoms with van der Waals surface area (Å²) in [6.45, 7) is 4.09. The SMILES string of the molecule is Cc1cccc(-c2ccc3c(c2)c2ccccc2n3-c2cc(-c3cccc(C#N)c3)cc(-n3c4ccccc4c4cc(-c5cccc(C)c5)ccc43)c2C(F)(F)F)c1. The van der Waals surface area contributed by atoms with Gasteiger partial charge in [0.2, 0.25) is 0 Å². The van der Waals surface area contributed by atoms with Crippen LogP contribution in [0.2, 0.25) is 0 Å². The molecule has 0 fully saturated rings. The van der Waals surface area contributed by atoms with Gasteiger partial charge in [-0.2, -0.15) is 18.4 Å². The Balaban J connectivity index is 1.33. The maximum atomic E-state index is 16.3. The van der Waals surface area contributed by atoms with Gasteiger partial charge in [0.1, 0.15) is 5.56 Å². The van der Waals surface area contributed by atoms with Gasteiger partial charge in [-0.05, 0) is 108 Å². The van der Waals surface area contributed by atoms with Crippen molar-refractivity contribution in [1.82, 2.24) is 9.13 Å². The fourth-order valence-electron chi connectivity index (χ4n) is 8.66. The van der Waals surface area contributed by atoms with Crippen LogP contribution in [0.15, 0.2) is 170 Å². The second kappa shape index (κ2) is 13.4. The van der Waals surface area contributed by atoms with Crippen LogP contribution in [0.4, 0.5) is 13.2 Å². The Hall–Kier alpha value is -7.36. The number of hydrogen-bond donors (Lipinski definition) is 0. The lowest BCUT2D eigenvalue weighted by Gasteiger charge is -2.23. The minimum Gasteiger partial charge on any atom is -0.309 e. The van der Waals surface area contributed by atoms with Gasteiger partial charge < -0.3 is 9.13 Å². The van der Waals surface area contributed by atoms with Gasteiger partial charge in [-0.25, -0.2) is 0 Å². The molecule has 6 heteroatoms. The van der Waals surface area contributed by atoms with Gasteiger partial charge in [-0.1, -0.05) is 120 Å².